The highest BCUT2D eigenvalue weighted by molar-refractivity contribution is 7.12. The zero-order valence-corrected chi connectivity index (χ0v) is 15.4. The average molecular weight is 389 g/mol. The van der Waals surface area contributed by atoms with E-state index in [4.69, 9.17) is 4.74 Å². The zero-order chi connectivity index (χ0) is 19.6. The number of carbonyl (C=O) groups is 4. The fourth-order valence-corrected chi connectivity index (χ4v) is 2.62. The second-order valence-electron chi connectivity index (χ2n) is 5.42. The minimum Gasteiger partial charge on any atom is -0.452 e. The molecule has 1 aromatic carbocycles. The minimum atomic E-state index is -1.15. The summed E-state index contributed by atoms with van der Waals surface area (Å²) in [5, 5.41) is 8.93. The Kier molecular flexibility index (Phi) is 7.50. The number of benzene rings is 1. The van der Waals surface area contributed by atoms with E-state index in [9.17, 15) is 19.2 Å². The van der Waals surface area contributed by atoms with Crippen molar-refractivity contribution in [3.8, 4) is 0 Å². The number of ether oxygens (including phenoxy) is 1. The zero-order valence-electron chi connectivity index (χ0n) is 14.6. The van der Waals surface area contributed by atoms with E-state index < -0.39 is 24.0 Å². The molecular formula is C18H19N3O5S. The molecule has 0 spiro atoms. The Bertz CT molecular complexity index is 793. The van der Waals surface area contributed by atoms with Gasteiger partial charge in [-0.15, -0.1) is 11.3 Å². The molecule has 0 saturated carbocycles. The van der Waals surface area contributed by atoms with E-state index in [0.29, 0.717) is 10.6 Å². The van der Waals surface area contributed by atoms with Gasteiger partial charge in [0.25, 0.3) is 11.8 Å². The Morgan fingerprint density at radius 1 is 1.07 bits per heavy atom. The Balaban J connectivity index is 1.67. The predicted octanol–water partition coefficient (Wildman–Crippen LogP) is 2.15. The van der Waals surface area contributed by atoms with Gasteiger partial charge in [-0.05, 0) is 30.5 Å². The summed E-state index contributed by atoms with van der Waals surface area (Å²) in [5.74, 6) is -1.69. The summed E-state index contributed by atoms with van der Waals surface area (Å²) < 4.78 is 4.96. The number of nitrogens with one attached hydrogen (secondary N) is 3. The molecule has 27 heavy (non-hydrogen) atoms. The number of anilines is 1. The van der Waals surface area contributed by atoms with Crippen LogP contribution in [-0.2, 0) is 14.3 Å². The summed E-state index contributed by atoms with van der Waals surface area (Å²) >= 11 is 1.29. The van der Waals surface area contributed by atoms with E-state index in [-0.39, 0.29) is 18.9 Å². The van der Waals surface area contributed by atoms with Gasteiger partial charge in [0.1, 0.15) is 0 Å². The fraction of sp³-hybridized carbons (Fsp3) is 0.222. The molecule has 1 atom stereocenters. The lowest BCUT2D eigenvalue weighted by molar-refractivity contribution is -0.154. The first kappa shape index (κ1) is 20.1. The number of hydrogen-bond donors (Lipinski definition) is 3. The molecule has 0 radical (unpaired) electrons. The highest BCUT2D eigenvalue weighted by Gasteiger charge is 2.20. The monoisotopic (exact) mass is 389 g/mol. The Hall–Kier alpha value is -3.20. The molecule has 0 saturated heterocycles. The summed E-state index contributed by atoms with van der Waals surface area (Å²) in [6.07, 6.45) is -1.24. The third-order valence-electron chi connectivity index (χ3n) is 3.31. The molecule has 4 amide bonds. The molecule has 0 aliphatic heterocycles. The molecule has 3 N–H and O–H groups in total. The van der Waals surface area contributed by atoms with E-state index >= 15 is 0 Å². The van der Waals surface area contributed by atoms with Crippen LogP contribution in [0.5, 0.6) is 0 Å². The molecule has 2 rings (SSSR count). The molecule has 8 nitrogen and oxygen atoms in total. The van der Waals surface area contributed by atoms with Crippen LogP contribution in [0.25, 0.3) is 0 Å². The third-order valence-corrected chi connectivity index (χ3v) is 4.17. The van der Waals surface area contributed by atoms with Crippen molar-refractivity contribution in [3.05, 3.63) is 52.7 Å². The first-order chi connectivity index (χ1) is 13.0. The second-order valence-corrected chi connectivity index (χ2v) is 6.37. The van der Waals surface area contributed by atoms with Crippen LogP contribution in [0.1, 0.15) is 23.0 Å². The normalized spacial score (nSPS) is 11.1. The summed E-state index contributed by atoms with van der Waals surface area (Å²) in [5.41, 5.74) is 0.522. The van der Waals surface area contributed by atoms with E-state index in [1.54, 1.807) is 47.8 Å². The molecule has 9 heteroatoms. The van der Waals surface area contributed by atoms with Gasteiger partial charge in [0.05, 0.1) is 11.3 Å². The Morgan fingerprint density at radius 2 is 1.81 bits per heavy atom. The van der Waals surface area contributed by atoms with E-state index in [2.05, 4.69) is 16.0 Å². The number of para-hydroxylation sites is 1. The van der Waals surface area contributed by atoms with Crippen molar-refractivity contribution in [2.24, 2.45) is 0 Å². The predicted molar refractivity (Wildman–Crippen MR) is 100 cm³/mol. The molecule has 0 aliphatic rings. The molecular weight excluding hydrogens is 370 g/mol. The first-order valence-electron chi connectivity index (χ1n) is 8.14. The SMILES string of the molecule is CC(OC(=O)CCNC(=O)c1cccs1)C(=O)NC(=O)Nc1ccccc1. The third kappa shape index (κ3) is 6.90. The number of urea groups is 1. The summed E-state index contributed by atoms with van der Waals surface area (Å²) in [6, 6.07) is 11.3. The molecule has 0 fully saturated rings. The van der Waals surface area contributed by atoms with Crippen LogP contribution < -0.4 is 16.0 Å². The number of imide groups is 1. The lowest BCUT2D eigenvalue weighted by Crippen LogP contribution is -2.41. The molecule has 0 aliphatic carbocycles. The molecule has 2 aromatic rings. The number of carbonyl (C=O) groups excluding carboxylic acids is 4. The molecule has 1 heterocycles. The maximum atomic E-state index is 11.9. The van der Waals surface area contributed by atoms with Crippen molar-refractivity contribution in [3.63, 3.8) is 0 Å². The van der Waals surface area contributed by atoms with Gasteiger partial charge >= 0.3 is 12.0 Å². The topological polar surface area (TPSA) is 114 Å². The Morgan fingerprint density at radius 3 is 2.48 bits per heavy atom. The van der Waals surface area contributed by atoms with E-state index in [1.807, 2.05) is 0 Å². The smallest absolute Gasteiger partial charge is 0.325 e. The lowest BCUT2D eigenvalue weighted by atomic mass is 10.3. The van der Waals surface area contributed by atoms with Crippen molar-refractivity contribution in [2.45, 2.75) is 19.4 Å². The van der Waals surface area contributed by atoms with Crippen molar-refractivity contribution in [1.29, 1.82) is 0 Å². The average Bonchev–Trinajstić information content (AvgIpc) is 3.17. The maximum absolute atomic E-state index is 11.9. The van der Waals surface area contributed by atoms with Gasteiger partial charge in [-0.3, -0.25) is 19.7 Å². The first-order valence-corrected chi connectivity index (χ1v) is 9.01. The molecule has 1 aromatic heterocycles. The van der Waals surface area contributed by atoms with Crippen LogP contribution in [0.2, 0.25) is 0 Å². The standard InChI is InChI=1S/C18H19N3O5S/c1-12(16(23)21-18(25)20-13-6-3-2-4-7-13)26-15(22)9-10-19-17(24)14-8-5-11-27-14/h2-8,11-12H,9-10H2,1H3,(H,19,24)(H2,20,21,23,25). The maximum Gasteiger partial charge on any atom is 0.325 e. The molecule has 1 unspecified atom stereocenters. The van der Waals surface area contributed by atoms with Gasteiger partial charge in [-0.2, -0.15) is 0 Å². The van der Waals surface area contributed by atoms with Gasteiger partial charge < -0.3 is 15.4 Å². The van der Waals surface area contributed by atoms with Gasteiger partial charge in [0, 0.05) is 12.2 Å². The summed E-state index contributed by atoms with van der Waals surface area (Å²) in [7, 11) is 0. The summed E-state index contributed by atoms with van der Waals surface area (Å²) in [4.78, 5) is 47.7. The largest absolute Gasteiger partial charge is 0.452 e. The van der Waals surface area contributed by atoms with Gasteiger partial charge in [0.2, 0.25) is 0 Å². The van der Waals surface area contributed by atoms with Crippen LogP contribution in [0.3, 0.4) is 0 Å². The van der Waals surface area contributed by atoms with Gasteiger partial charge in [-0.1, -0.05) is 24.3 Å². The second kappa shape index (κ2) is 10.1. The van der Waals surface area contributed by atoms with Gasteiger partial charge in [-0.25, -0.2) is 4.79 Å². The number of hydrogen-bond acceptors (Lipinski definition) is 6. The summed E-state index contributed by atoms with van der Waals surface area (Å²) in [6.45, 7) is 1.44. The minimum absolute atomic E-state index is 0.0817. The van der Waals surface area contributed by atoms with Crippen molar-refractivity contribution >= 4 is 40.8 Å². The highest BCUT2D eigenvalue weighted by atomic mass is 32.1. The quantitative estimate of drug-likeness (QED) is 0.628. The van der Waals surface area contributed by atoms with Crippen molar-refractivity contribution in [2.75, 3.05) is 11.9 Å². The molecule has 142 valence electrons. The van der Waals surface area contributed by atoms with Crippen LogP contribution in [0.15, 0.2) is 47.8 Å². The van der Waals surface area contributed by atoms with Crippen LogP contribution >= 0.6 is 11.3 Å². The van der Waals surface area contributed by atoms with Gasteiger partial charge in [0.15, 0.2) is 6.10 Å². The van der Waals surface area contributed by atoms with E-state index in [1.165, 1.54) is 18.3 Å². The molecule has 0 bridgehead atoms. The van der Waals surface area contributed by atoms with Crippen LogP contribution in [-0.4, -0.2) is 36.5 Å². The number of thiophene rings is 1. The fourth-order valence-electron chi connectivity index (χ4n) is 1.98. The van der Waals surface area contributed by atoms with Crippen molar-refractivity contribution < 1.29 is 23.9 Å². The Labute approximate surface area is 159 Å². The van der Waals surface area contributed by atoms with Crippen LogP contribution in [0, 0.1) is 0 Å². The highest BCUT2D eigenvalue weighted by Crippen LogP contribution is 2.07. The number of amides is 4. The number of esters is 1. The lowest BCUT2D eigenvalue weighted by Gasteiger charge is -2.13. The van der Waals surface area contributed by atoms with Crippen LogP contribution in [0.4, 0.5) is 10.5 Å². The number of rotatable bonds is 7. The van der Waals surface area contributed by atoms with Crippen molar-refractivity contribution in [1.82, 2.24) is 10.6 Å². The van der Waals surface area contributed by atoms with E-state index in [0.717, 1.165) is 0 Å².